The molecule has 88 valence electrons. The molecule has 0 unspecified atom stereocenters. The number of hydrogen-bond acceptors (Lipinski definition) is 3. The molecule has 0 N–H and O–H groups in total. The second-order valence-electron chi connectivity index (χ2n) is 4.03. The highest BCUT2D eigenvalue weighted by Crippen LogP contribution is 2.21. The smallest absolute Gasteiger partial charge is 0.126 e. The summed E-state index contributed by atoms with van der Waals surface area (Å²) in [5.41, 5.74) is 3.78. The Hall–Kier alpha value is -1.56. The molecule has 1 aromatic carbocycles. The zero-order valence-electron chi connectivity index (χ0n) is 9.76. The Morgan fingerprint density at radius 3 is 2.72 bits per heavy atom. The van der Waals surface area contributed by atoms with Gasteiger partial charge in [-0.25, -0.2) is 15.0 Å². The first-order chi connectivity index (χ1) is 8.72. The summed E-state index contributed by atoms with van der Waals surface area (Å²) in [5.74, 6) is 0.770. The topological polar surface area (TPSA) is 38.7 Å². The van der Waals surface area contributed by atoms with Gasteiger partial charge in [-0.1, -0.05) is 12.1 Å². The lowest BCUT2D eigenvalue weighted by Gasteiger charge is -2.03. The maximum absolute atomic E-state index is 4.60. The zero-order valence-corrected chi connectivity index (χ0v) is 11.9. The van der Waals surface area contributed by atoms with Crippen LogP contribution in [0.15, 0.2) is 42.6 Å². The van der Waals surface area contributed by atoms with Gasteiger partial charge in [0.25, 0.3) is 0 Å². The molecule has 0 saturated heterocycles. The van der Waals surface area contributed by atoms with Crippen LogP contribution in [-0.2, 0) is 0 Å². The Balaban J connectivity index is 2.16. The van der Waals surface area contributed by atoms with Crippen LogP contribution in [0.3, 0.4) is 0 Å². The first-order valence-electron chi connectivity index (χ1n) is 5.59. The van der Waals surface area contributed by atoms with Crippen molar-refractivity contribution in [3.05, 3.63) is 52.0 Å². The van der Waals surface area contributed by atoms with Gasteiger partial charge in [-0.15, -0.1) is 0 Å². The second-order valence-corrected chi connectivity index (χ2v) is 5.27. The predicted octanol–water partition coefficient (Wildman–Crippen LogP) is 3.60. The Kier molecular flexibility index (Phi) is 2.95. The molecule has 3 nitrogen and oxygen atoms in total. The number of hydrogen-bond donors (Lipinski definition) is 0. The van der Waals surface area contributed by atoms with E-state index in [4.69, 9.17) is 0 Å². The van der Waals surface area contributed by atoms with Gasteiger partial charge in [-0.2, -0.15) is 0 Å². The number of aryl methyl sites for hydroxylation is 1. The molecule has 0 bridgehead atoms. The van der Waals surface area contributed by atoms with Gasteiger partial charge >= 0.3 is 0 Å². The molecular weight excluding hydrogens is 337 g/mol. The Morgan fingerprint density at radius 2 is 1.89 bits per heavy atom. The number of rotatable bonds is 1. The van der Waals surface area contributed by atoms with E-state index in [9.17, 15) is 0 Å². The summed E-state index contributed by atoms with van der Waals surface area (Å²) in [6, 6.07) is 12.3. The van der Waals surface area contributed by atoms with Gasteiger partial charge in [0, 0.05) is 9.13 Å². The van der Waals surface area contributed by atoms with E-state index in [1.165, 1.54) is 3.57 Å². The largest absolute Gasteiger partial charge is 0.245 e. The quantitative estimate of drug-likeness (QED) is 0.632. The lowest BCUT2D eigenvalue weighted by atomic mass is 10.1. The lowest BCUT2D eigenvalue weighted by Crippen LogP contribution is -1.91. The van der Waals surface area contributed by atoms with Crippen LogP contribution in [0.25, 0.3) is 22.3 Å². The number of halogens is 1. The third-order valence-corrected chi connectivity index (χ3v) is 3.35. The van der Waals surface area contributed by atoms with Crippen molar-refractivity contribution in [1.82, 2.24) is 15.0 Å². The van der Waals surface area contributed by atoms with Crippen molar-refractivity contribution < 1.29 is 0 Å². The number of pyridine rings is 1. The number of benzene rings is 1. The predicted molar refractivity (Wildman–Crippen MR) is 80.2 cm³/mol. The third-order valence-electron chi connectivity index (χ3n) is 2.68. The average molecular weight is 347 g/mol. The van der Waals surface area contributed by atoms with Gasteiger partial charge in [0.05, 0.1) is 17.4 Å². The molecule has 0 radical (unpaired) electrons. The van der Waals surface area contributed by atoms with Crippen molar-refractivity contribution in [2.45, 2.75) is 6.92 Å². The minimum absolute atomic E-state index is 0.770. The maximum atomic E-state index is 4.60. The van der Waals surface area contributed by atoms with Crippen LogP contribution in [-0.4, -0.2) is 15.0 Å². The van der Waals surface area contributed by atoms with Crippen LogP contribution in [0.5, 0.6) is 0 Å². The fraction of sp³-hybridized carbons (Fsp3) is 0.0714. The van der Waals surface area contributed by atoms with Crippen LogP contribution in [0.4, 0.5) is 0 Å². The summed E-state index contributed by atoms with van der Waals surface area (Å²) < 4.78 is 1.20. The van der Waals surface area contributed by atoms with E-state index in [-0.39, 0.29) is 0 Å². The first kappa shape index (κ1) is 11.5. The van der Waals surface area contributed by atoms with Gasteiger partial charge in [0.2, 0.25) is 0 Å². The Labute approximate surface area is 118 Å². The lowest BCUT2D eigenvalue weighted by molar-refractivity contribution is 1.08. The maximum Gasteiger partial charge on any atom is 0.126 e. The van der Waals surface area contributed by atoms with Crippen LogP contribution in [0.1, 0.15) is 5.82 Å². The molecule has 3 aromatic rings. The van der Waals surface area contributed by atoms with Crippen LogP contribution in [0, 0.1) is 10.5 Å². The Morgan fingerprint density at radius 1 is 1.00 bits per heavy atom. The molecule has 0 fully saturated rings. The van der Waals surface area contributed by atoms with E-state index in [1.54, 1.807) is 6.20 Å². The molecule has 3 rings (SSSR count). The van der Waals surface area contributed by atoms with E-state index in [0.29, 0.717) is 0 Å². The minimum atomic E-state index is 0.770. The van der Waals surface area contributed by atoms with Crippen molar-refractivity contribution in [3.63, 3.8) is 0 Å². The normalized spacial score (nSPS) is 10.8. The van der Waals surface area contributed by atoms with Gasteiger partial charge in [0.15, 0.2) is 0 Å². The monoisotopic (exact) mass is 347 g/mol. The van der Waals surface area contributed by atoms with Gasteiger partial charge < -0.3 is 0 Å². The average Bonchev–Trinajstić information content (AvgIpc) is 2.38. The van der Waals surface area contributed by atoms with Crippen molar-refractivity contribution >= 4 is 33.6 Å². The summed E-state index contributed by atoms with van der Waals surface area (Å²) >= 11 is 2.30. The molecule has 0 amide bonds. The summed E-state index contributed by atoms with van der Waals surface area (Å²) in [7, 11) is 0. The molecule has 0 saturated carbocycles. The van der Waals surface area contributed by atoms with Crippen LogP contribution >= 0.6 is 22.6 Å². The Bertz CT molecular complexity index is 725. The fourth-order valence-corrected chi connectivity index (χ4v) is 2.37. The van der Waals surface area contributed by atoms with E-state index in [0.717, 1.165) is 28.1 Å². The molecule has 0 aliphatic carbocycles. The molecular formula is C14H10IN3. The standard InChI is InChI=1S/C14H10IN3/c1-9-16-8-14-13(17-9)6-5-12(18-14)10-3-2-4-11(15)7-10/h2-8H,1H3. The minimum Gasteiger partial charge on any atom is -0.245 e. The van der Waals surface area contributed by atoms with Gasteiger partial charge in [-0.3, -0.25) is 0 Å². The number of nitrogens with zero attached hydrogens (tertiary/aromatic N) is 3. The van der Waals surface area contributed by atoms with Crippen LogP contribution < -0.4 is 0 Å². The number of fused-ring (bicyclic) bond motifs is 1. The summed E-state index contributed by atoms with van der Waals surface area (Å²) in [6.07, 6.45) is 1.77. The molecule has 4 heteroatoms. The molecule has 2 heterocycles. The zero-order chi connectivity index (χ0) is 12.5. The van der Waals surface area contributed by atoms with E-state index >= 15 is 0 Å². The van der Waals surface area contributed by atoms with Crippen molar-refractivity contribution in [2.75, 3.05) is 0 Å². The summed E-state index contributed by atoms with van der Waals surface area (Å²) in [6.45, 7) is 1.88. The van der Waals surface area contributed by atoms with E-state index in [2.05, 4.69) is 55.7 Å². The second kappa shape index (κ2) is 4.61. The summed E-state index contributed by atoms with van der Waals surface area (Å²) in [4.78, 5) is 13.1. The highest BCUT2D eigenvalue weighted by molar-refractivity contribution is 14.1. The summed E-state index contributed by atoms with van der Waals surface area (Å²) in [5, 5.41) is 0. The first-order valence-corrected chi connectivity index (χ1v) is 6.66. The number of aromatic nitrogens is 3. The van der Waals surface area contributed by atoms with Gasteiger partial charge in [0.1, 0.15) is 11.3 Å². The molecule has 0 aliphatic rings. The van der Waals surface area contributed by atoms with E-state index < -0.39 is 0 Å². The molecule has 2 aromatic heterocycles. The van der Waals surface area contributed by atoms with E-state index in [1.807, 2.05) is 25.1 Å². The molecule has 0 atom stereocenters. The molecule has 18 heavy (non-hydrogen) atoms. The highest BCUT2D eigenvalue weighted by atomic mass is 127. The fourth-order valence-electron chi connectivity index (χ4n) is 1.82. The third kappa shape index (κ3) is 2.20. The molecule has 0 spiro atoms. The van der Waals surface area contributed by atoms with Crippen molar-refractivity contribution in [3.8, 4) is 11.3 Å². The van der Waals surface area contributed by atoms with Crippen molar-refractivity contribution in [2.24, 2.45) is 0 Å². The SMILES string of the molecule is Cc1ncc2nc(-c3cccc(I)c3)ccc2n1. The van der Waals surface area contributed by atoms with Gasteiger partial charge in [-0.05, 0) is 53.8 Å². The van der Waals surface area contributed by atoms with Crippen molar-refractivity contribution in [1.29, 1.82) is 0 Å². The van der Waals surface area contributed by atoms with Crippen LogP contribution in [0.2, 0.25) is 0 Å². The molecule has 0 aliphatic heterocycles. The highest BCUT2D eigenvalue weighted by Gasteiger charge is 2.03.